The van der Waals surface area contributed by atoms with Gasteiger partial charge in [-0.05, 0) is 38.1 Å². The SMILES string of the molecule is O=C(CCN1CCCC1)Nc1nnc(-c2ccccc2Cl)o1. The maximum Gasteiger partial charge on any atom is 0.322 e. The fraction of sp³-hybridized carbons (Fsp3) is 0.400. The average molecular weight is 321 g/mol. The first-order valence-electron chi connectivity index (χ1n) is 7.33. The van der Waals surface area contributed by atoms with Crippen LogP contribution in [0.25, 0.3) is 11.5 Å². The molecule has 0 bridgehead atoms. The van der Waals surface area contributed by atoms with Gasteiger partial charge in [0.2, 0.25) is 5.91 Å². The molecule has 0 radical (unpaired) electrons. The molecule has 0 saturated carbocycles. The largest absolute Gasteiger partial charge is 0.403 e. The van der Waals surface area contributed by atoms with E-state index in [2.05, 4.69) is 20.4 Å². The highest BCUT2D eigenvalue weighted by Crippen LogP contribution is 2.27. The van der Waals surface area contributed by atoms with Crippen LogP contribution in [0.1, 0.15) is 19.3 Å². The Morgan fingerprint density at radius 1 is 1.27 bits per heavy atom. The van der Waals surface area contributed by atoms with Crippen molar-refractivity contribution in [2.24, 2.45) is 0 Å². The van der Waals surface area contributed by atoms with E-state index in [9.17, 15) is 4.79 Å². The lowest BCUT2D eigenvalue weighted by atomic mass is 10.2. The Bertz CT molecular complexity index is 652. The van der Waals surface area contributed by atoms with Gasteiger partial charge >= 0.3 is 6.01 Å². The second-order valence-corrected chi connectivity index (χ2v) is 5.65. The molecule has 1 aromatic heterocycles. The van der Waals surface area contributed by atoms with E-state index in [1.165, 1.54) is 12.8 Å². The van der Waals surface area contributed by atoms with Crippen molar-refractivity contribution in [1.82, 2.24) is 15.1 Å². The second kappa shape index (κ2) is 6.89. The molecule has 2 heterocycles. The number of carbonyl (C=O) groups is 1. The summed E-state index contributed by atoms with van der Waals surface area (Å²) in [5, 5.41) is 10.9. The van der Waals surface area contributed by atoms with Crippen LogP contribution in [-0.2, 0) is 4.79 Å². The summed E-state index contributed by atoms with van der Waals surface area (Å²) < 4.78 is 5.44. The van der Waals surface area contributed by atoms with Crippen LogP contribution in [-0.4, -0.2) is 40.6 Å². The molecule has 1 saturated heterocycles. The van der Waals surface area contributed by atoms with Gasteiger partial charge in [0.25, 0.3) is 5.89 Å². The lowest BCUT2D eigenvalue weighted by Crippen LogP contribution is -2.25. The minimum absolute atomic E-state index is 0.0985. The van der Waals surface area contributed by atoms with Gasteiger partial charge in [-0.25, -0.2) is 0 Å². The Morgan fingerprint density at radius 3 is 2.82 bits per heavy atom. The van der Waals surface area contributed by atoms with E-state index in [0.717, 1.165) is 19.6 Å². The van der Waals surface area contributed by atoms with Crippen LogP contribution in [0.5, 0.6) is 0 Å². The number of benzene rings is 1. The van der Waals surface area contributed by atoms with Crippen molar-refractivity contribution >= 4 is 23.5 Å². The van der Waals surface area contributed by atoms with Gasteiger partial charge in [0.05, 0.1) is 10.6 Å². The van der Waals surface area contributed by atoms with Gasteiger partial charge in [0.1, 0.15) is 0 Å². The molecule has 0 atom stereocenters. The Morgan fingerprint density at radius 2 is 2.05 bits per heavy atom. The molecule has 22 heavy (non-hydrogen) atoms. The first-order chi connectivity index (χ1) is 10.7. The van der Waals surface area contributed by atoms with Crippen molar-refractivity contribution in [2.75, 3.05) is 25.0 Å². The molecular weight excluding hydrogens is 304 g/mol. The number of amides is 1. The number of nitrogens with zero attached hydrogens (tertiary/aromatic N) is 3. The summed E-state index contributed by atoms with van der Waals surface area (Å²) in [6, 6.07) is 7.29. The first kappa shape index (κ1) is 15.0. The van der Waals surface area contributed by atoms with E-state index >= 15 is 0 Å². The van der Waals surface area contributed by atoms with Crippen molar-refractivity contribution in [3.8, 4) is 11.5 Å². The topological polar surface area (TPSA) is 71.3 Å². The molecule has 1 aliphatic heterocycles. The maximum atomic E-state index is 11.9. The number of halogens is 1. The molecule has 1 amide bonds. The van der Waals surface area contributed by atoms with Crippen molar-refractivity contribution in [1.29, 1.82) is 0 Å². The van der Waals surface area contributed by atoms with Crippen LogP contribution >= 0.6 is 11.6 Å². The van der Waals surface area contributed by atoms with Crippen LogP contribution in [0.3, 0.4) is 0 Å². The third-order valence-corrected chi connectivity index (χ3v) is 3.96. The molecule has 7 heteroatoms. The van der Waals surface area contributed by atoms with Crippen LogP contribution < -0.4 is 5.32 Å². The Labute approximate surface area is 133 Å². The van der Waals surface area contributed by atoms with E-state index in [0.29, 0.717) is 22.9 Å². The van der Waals surface area contributed by atoms with Crippen LogP contribution in [0.4, 0.5) is 6.01 Å². The molecule has 116 valence electrons. The minimum Gasteiger partial charge on any atom is -0.403 e. The number of hydrogen-bond donors (Lipinski definition) is 1. The van der Waals surface area contributed by atoms with Crippen molar-refractivity contribution in [3.05, 3.63) is 29.3 Å². The summed E-state index contributed by atoms with van der Waals surface area (Å²) in [6.45, 7) is 2.91. The fourth-order valence-corrected chi connectivity index (χ4v) is 2.68. The molecule has 0 spiro atoms. The molecular formula is C15H17ClN4O2. The summed E-state index contributed by atoms with van der Waals surface area (Å²) in [5.41, 5.74) is 0.647. The van der Waals surface area contributed by atoms with Gasteiger partial charge in [-0.2, -0.15) is 0 Å². The van der Waals surface area contributed by atoms with Crippen LogP contribution in [0.15, 0.2) is 28.7 Å². The molecule has 1 aromatic carbocycles. The van der Waals surface area contributed by atoms with Gasteiger partial charge in [-0.1, -0.05) is 28.8 Å². The Kier molecular flexibility index (Phi) is 4.70. The van der Waals surface area contributed by atoms with Gasteiger partial charge < -0.3 is 9.32 Å². The van der Waals surface area contributed by atoms with E-state index in [1.54, 1.807) is 12.1 Å². The number of anilines is 1. The lowest BCUT2D eigenvalue weighted by Gasteiger charge is -2.12. The molecule has 2 aromatic rings. The normalized spacial score (nSPS) is 15.1. The summed E-state index contributed by atoms with van der Waals surface area (Å²) in [4.78, 5) is 14.2. The number of likely N-dealkylation sites (tertiary alicyclic amines) is 1. The standard InChI is InChI=1S/C15H17ClN4O2/c16-12-6-2-1-5-11(12)14-18-19-15(22-14)17-13(21)7-10-20-8-3-4-9-20/h1-2,5-6H,3-4,7-10H2,(H,17,19,21). The Hall–Kier alpha value is -1.92. The zero-order valence-electron chi connectivity index (χ0n) is 12.1. The molecule has 0 aliphatic carbocycles. The summed E-state index contributed by atoms with van der Waals surface area (Å²) >= 11 is 6.08. The van der Waals surface area contributed by atoms with E-state index in [-0.39, 0.29) is 11.9 Å². The molecule has 1 fully saturated rings. The predicted molar refractivity (Wildman–Crippen MR) is 83.7 cm³/mol. The third-order valence-electron chi connectivity index (χ3n) is 3.63. The van der Waals surface area contributed by atoms with Crippen LogP contribution in [0, 0.1) is 0 Å². The average Bonchev–Trinajstić information content (AvgIpc) is 3.17. The van der Waals surface area contributed by atoms with E-state index < -0.39 is 0 Å². The molecule has 1 N–H and O–H groups in total. The van der Waals surface area contributed by atoms with Gasteiger partial charge in [0, 0.05) is 13.0 Å². The number of carbonyl (C=O) groups excluding carboxylic acids is 1. The summed E-state index contributed by atoms with van der Waals surface area (Å²) in [5.74, 6) is 0.168. The monoisotopic (exact) mass is 320 g/mol. The highest BCUT2D eigenvalue weighted by molar-refractivity contribution is 6.33. The number of aromatic nitrogens is 2. The van der Waals surface area contributed by atoms with Gasteiger partial charge in [-0.3, -0.25) is 10.1 Å². The minimum atomic E-state index is -0.124. The maximum absolute atomic E-state index is 11.9. The van der Waals surface area contributed by atoms with Crippen molar-refractivity contribution in [3.63, 3.8) is 0 Å². The quantitative estimate of drug-likeness (QED) is 0.917. The zero-order valence-corrected chi connectivity index (χ0v) is 12.8. The zero-order chi connectivity index (χ0) is 15.4. The smallest absolute Gasteiger partial charge is 0.322 e. The van der Waals surface area contributed by atoms with Gasteiger partial charge in [-0.15, -0.1) is 5.10 Å². The summed E-state index contributed by atoms with van der Waals surface area (Å²) in [6.07, 6.45) is 2.85. The predicted octanol–water partition coefficient (Wildman–Crippen LogP) is 2.81. The summed E-state index contributed by atoms with van der Waals surface area (Å²) in [7, 11) is 0. The number of rotatable bonds is 5. The van der Waals surface area contributed by atoms with Crippen molar-refractivity contribution < 1.29 is 9.21 Å². The van der Waals surface area contributed by atoms with E-state index in [1.807, 2.05) is 12.1 Å². The molecule has 0 unspecified atom stereocenters. The van der Waals surface area contributed by atoms with Crippen molar-refractivity contribution in [2.45, 2.75) is 19.3 Å². The lowest BCUT2D eigenvalue weighted by molar-refractivity contribution is -0.116. The Balaban J connectivity index is 1.57. The van der Waals surface area contributed by atoms with Gasteiger partial charge in [0.15, 0.2) is 0 Å². The highest BCUT2D eigenvalue weighted by Gasteiger charge is 2.15. The fourth-order valence-electron chi connectivity index (χ4n) is 2.46. The first-order valence-corrected chi connectivity index (χ1v) is 7.71. The number of nitrogens with one attached hydrogen (secondary N) is 1. The van der Waals surface area contributed by atoms with E-state index in [4.69, 9.17) is 16.0 Å². The second-order valence-electron chi connectivity index (χ2n) is 5.24. The molecule has 6 nitrogen and oxygen atoms in total. The third kappa shape index (κ3) is 3.64. The number of hydrogen-bond acceptors (Lipinski definition) is 5. The van der Waals surface area contributed by atoms with Crippen LogP contribution in [0.2, 0.25) is 5.02 Å². The molecule has 1 aliphatic rings. The highest BCUT2D eigenvalue weighted by atomic mass is 35.5. The molecule has 3 rings (SSSR count).